The van der Waals surface area contributed by atoms with Crippen LogP contribution >= 0.6 is 15.9 Å². The van der Waals surface area contributed by atoms with Crippen LogP contribution in [0.15, 0.2) is 21.2 Å². The lowest BCUT2D eigenvalue weighted by atomic mass is 10.00. The Balaban J connectivity index is 1.74. The van der Waals surface area contributed by atoms with Crippen LogP contribution < -0.4 is 0 Å². The summed E-state index contributed by atoms with van der Waals surface area (Å²) < 4.78 is 43.2. The van der Waals surface area contributed by atoms with Crippen molar-refractivity contribution in [1.29, 1.82) is 0 Å². The zero-order valence-corrected chi connectivity index (χ0v) is 12.9. The van der Waals surface area contributed by atoms with Gasteiger partial charge in [-0.2, -0.15) is 13.2 Å². The van der Waals surface area contributed by atoms with E-state index < -0.39 is 18.1 Å². The second-order valence-electron chi connectivity index (χ2n) is 5.52. The summed E-state index contributed by atoms with van der Waals surface area (Å²) in [4.78, 5) is 26.0. The zero-order chi connectivity index (χ0) is 16.1. The fourth-order valence-corrected chi connectivity index (χ4v) is 3.43. The third-order valence-electron chi connectivity index (χ3n) is 3.99. The highest BCUT2D eigenvalue weighted by Gasteiger charge is 2.49. The second kappa shape index (κ2) is 5.29. The molecule has 0 N–H and O–H groups in total. The third kappa shape index (κ3) is 2.73. The minimum atomic E-state index is -4.88. The summed E-state index contributed by atoms with van der Waals surface area (Å²) in [6, 6.07) is 2.68. The number of amides is 2. The molecule has 9 heteroatoms. The molecule has 0 saturated carbocycles. The molecule has 2 unspecified atom stereocenters. The van der Waals surface area contributed by atoms with Crippen LogP contribution in [0.2, 0.25) is 0 Å². The number of fused-ring (bicyclic) bond motifs is 2. The highest BCUT2D eigenvalue weighted by atomic mass is 79.9. The molecule has 2 bridgehead atoms. The molecule has 120 valence electrons. The number of alkyl halides is 3. The maximum absolute atomic E-state index is 12.5. The average molecular weight is 381 g/mol. The molecule has 1 aromatic rings. The van der Waals surface area contributed by atoms with Gasteiger partial charge in [0.15, 0.2) is 10.4 Å². The Labute approximate surface area is 132 Å². The molecule has 2 aliphatic heterocycles. The summed E-state index contributed by atoms with van der Waals surface area (Å²) in [5, 5.41) is 0. The molecule has 2 fully saturated rings. The van der Waals surface area contributed by atoms with E-state index in [1.165, 1.54) is 11.0 Å². The quantitative estimate of drug-likeness (QED) is 0.750. The summed E-state index contributed by atoms with van der Waals surface area (Å²) >= 11 is 3.10. The van der Waals surface area contributed by atoms with Gasteiger partial charge in [0.1, 0.15) is 0 Å². The van der Waals surface area contributed by atoms with Crippen molar-refractivity contribution in [1.82, 2.24) is 9.80 Å². The van der Waals surface area contributed by atoms with E-state index in [9.17, 15) is 22.8 Å². The number of carbonyl (C=O) groups excluding carboxylic acids is 2. The van der Waals surface area contributed by atoms with Gasteiger partial charge in [-0.15, -0.1) is 0 Å². The van der Waals surface area contributed by atoms with E-state index in [-0.39, 0.29) is 30.7 Å². The minimum absolute atomic E-state index is 0.0282. The van der Waals surface area contributed by atoms with Crippen LogP contribution in [-0.2, 0) is 4.79 Å². The Morgan fingerprint density at radius 1 is 1.23 bits per heavy atom. The Hall–Kier alpha value is -1.51. The molecule has 0 aliphatic carbocycles. The van der Waals surface area contributed by atoms with Gasteiger partial charge in [-0.1, -0.05) is 0 Å². The second-order valence-corrected chi connectivity index (χ2v) is 6.31. The predicted octanol–water partition coefficient (Wildman–Crippen LogP) is 2.28. The van der Waals surface area contributed by atoms with Crippen molar-refractivity contribution in [3.8, 4) is 0 Å². The molecule has 5 nitrogen and oxygen atoms in total. The number of carbonyl (C=O) groups is 2. The first kappa shape index (κ1) is 15.4. The molecule has 0 spiro atoms. The summed E-state index contributed by atoms with van der Waals surface area (Å²) in [5.41, 5.74) is 0. The van der Waals surface area contributed by atoms with Gasteiger partial charge in [-0.05, 0) is 40.4 Å². The first-order valence-corrected chi connectivity index (χ1v) is 7.47. The number of hydrogen-bond acceptors (Lipinski definition) is 3. The molecule has 3 rings (SSSR count). The number of halogens is 4. The molecule has 2 atom stereocenters. The van der Waals surface area contributed by atoms with Crippen molar-refractivity contribution in [3.63, 3.8) is 0 Å². The number of piperidine rings is 1. The number of nitrogens with zero attached hydrogens (tertiary/aromatic N) is 2. The van der Waals surface area contributed by atoms with E-state index in [0.717, 1.165) is 4.90 Å². The summed E-state index contributed by atoms with van der Waals surface area (Å²) in [6.07, 6.45) is -4.27. The molecule has 0 radical (unpaired) electrons. The van der Waals surface area contributed by atoms with E-state index in [2.05, 4.69) is 15.9 Å². The standard InChI is InChI=1S/C13H12BrF3N2O3/c14-10-2-1-9(22-10)11(20)19-5-7-3-8(19)6-18(4-7)12(21)13(15,16)17/h1-2,7-8H,3-6H2. The summed E-state index contributed by atoms with van der Waals surface area (Å²) in [5.74, 6) is -2.20. The maximum Gasteiger partial charge on any atom is 0.471 e. The number of likely N-dealkylation sites (tertiary alicyclic amines) is 2. The van der Waals surface area contributed by atoms with Gasteiger partial charge in [0.25, 0.3) is 5.91 Å². The fourth-order valence-electron chi connectivity index (χ4n) is 3.12. The first-order valence-electron chi connectivity index (χ1n) is 6.68. The molecule has 3 heterocycles. The summed E-state index contributed by atoms with van der Waals surface area (Å²) in [7, 11) is 0. The largest absolute Gasteiger partial charge is 0.471 e. The highest BCUT2D eigenvalue weighted by Crippen LogP contribution is 2.33. The van der Waals surface area contributed by atoms with Gasteiger partial charge in [0.05, 0.1) is 6.04 Å². The smallest absolute Gasteiger partial charge is 0.444 e. The normalized spacial score (nSPS) is 24.7. The molecule has 22 heavy (non-hydrogen) atoms. The van der Waals surface area contributed by atoms with E-state index in [1.807, 2.05) is 0 Å². The minimum Gasteiger partial charge on any atom is -0.444 e. The van der Waals surface area contributed by atoms with Gasteiger partial charge in [-0.3, -0.25) is 9.59 Å². The van der Waals surface area contributed by atoms with Gasteiger partial charge in [0, 0.05) is 19.6 Å². The molecule has 2 aliphatic rings. The van der Waals surface area contributed by atoms with Crippen LogP contribution in [0.25, 0.3) is 0 Å². The van der Waals surface area contributed by atoms with E-state index in [4.69, 9.17) is 4.42 Å². The van der Waals surface area contributed by atoms with Crippen LogP contribution in [0.4, 0.5) is 13.2 Å². The fraction of sp³-hybridized carbons (Fsp3) is 0.538. The van der Waals surface area contributed by atoms with Crippen molar-refractivity contribution in [2.75, 3.05) is 19.6 Å². The topological polar surface area (TPSA) is 53.8 Å². The lowest BCUT2D eigenvalue weighted by molar-refractivity contribution is -0.187. The van der Waals surface area contributed by atoms with Crippen LogP contribution in [0, 0.1) is 5.92 Å². The Morgan fingerprint density at radius 3 is 2.55 bits per heavy atom. The lowest BCUT2D eigenvalue weighted by Gasteiger charge is -2.32. The highest BCUT2D eigenvalue weighted by molar-refractivity contribution is 9.10. The Bertz CT molecular complexity index is 616. The molecule has 2 saturated heterocycles. The first-order chi connectivity index (χ1) is 10.3. The van der Waals surface area contributed by atoms with Crippen molar-refractivity contribution in [2.24, 2.45) is 5.92 Å². The van der Waals surface area contributed by atoms with Crippen LogP contribution in [0.3, 0.4) is 0 Å². The predicted molar refractivity (Wildman–Crippen MR) is 72.0 cm³/mol. The maximum atomic E-state index is 12.5. The lowest BCUT2D eigenvalue weighted by Crippen LogP contribution is -2.50. The van der Waals surface area contributed by atoms with Crippen molar-refractivity contribution >= 4 is 27.7 Å². The Kier molecular flexibility index (Phi) is 3.70. The van der Waals surface area contributed by atoms with Crippen molar-refractivity contribution in [3.05, 3.63) is 22.6 Å². The third-order valence-corrected chi connectivity index (χ3v) is 4.41. The van der Waals surface area contributed by atoms with Crippen LogP contribution in [0.1, 0.15) is 17.0 Å². The number of furan rings is 1. The monoisotopic (exact) mass is 380 g/mol. The van der Waals surface area contributed by atoms with Crippen molar-refractivity contribution in [2.45, 2.75) is 18.6 Å². The SMILES string of the molecule is O=C(c1ccc(Br)o1)N1CC2CC1CN(C(=O)C(F)(F)F)C2. The van der Waals surface area contributed by atoms with Crippen LogP contribution in [0.5, 0.6) is 0 Å². The molecule has 1 aromatic heterocycles. The summed E-state index contributed by atoms with van der Waals surface area (Å²) in [6.45, 7) is 0.270. The van der Waals surface area contributed by atoms with Gasteiger partial charge in [-0.25, -0.2) is 0 Å². The number of hydrogen-bond donors (Lipinski definition) is 0. The van der Waals surface area contributed by atoms with E-state index >= 15 is 0 Å². The van der Waals surface area contributed by atoms with E-state index in [0.29, 0.717) is 17.6 Å². The van der Waals surface area contributed by atoms with Gasteiger partial charge >= 0.3 is 12.1 Å². The van der Waals surface area contributed by atoms with Gasteiger partial charge < -0.3 is 14.2 Å². The zero-order valence-electron chi connectivity index (χ0n) is 11.3. The molecule has 2 amide bonds. The van der Waals surface area contributed by atoms with Gasteiger partial charge in [0.2, 0.25) is 0 Å². The molecule has 0 aromatic carbocycles. The number of rotatable bonds is 1. The average Bonchev–Trinajstić information content (AvgIpc) is 2.99. The van der Waals surface area contributed by atoms with Crippen molar-refractivity contribution < 1.29 is 27.2 Å². The molecular weight excluding hydrogens is 369 g/mol. The Morgan fingerprint density at radius 2 is 1.95 bits per heavy atom. The van der Waals surface area contributed by atoms with E-state index in [1.54, 1.807) is 6.07 Å². The van der Waals surface area contributed by atoms with Crippen LogP contribution in [-0.4, -0.2) is 53.5 Å². The molecular formula is C13H12BrF3N2O3.